The third kappa shape index (κ3) is 4.03. The topological polar surface area (TPSA) is 99.8 Å². The van der Waals surface area contributed by atoms with E-state index in [4.69, 9.17) is 4.74 Å². The van der Waals surface area contributed by atoms with E-state index in [1.54, 1.807) is 24.3 Å². The summed E-state index contributed by atoms with van der Waals surface area (Å²) in [5.41, 5.74) is 5.82. The van der Waals surface area contributed by atoms with E-state index >= 15 is 0 Å². The molecule has 2 aliphatic rings. The monoisotopic (exact) mass is 360 g/mol. The molecule has 3 amide bonds. The number of nitrogens with zero attached hydrogens (tertiary/aromatic N) is 1. The molecule has 8 heteroatoms. The van der Waals surface area contributed by atoms with Gasteiger partial charge in [-0.15, -0.1) is 0 Å². The Morgan fingerprint density at radius 1 is 1.31 bits per heavy atom. The Balaban J connectivity index is 1.58. The van der Waals surface area contributed by atoms with Gasteiger partial charge < -0.3 is 10.1 Å². The molecule has 0 unspecified atom stereocenters. The van der Waals surface area contributed by atoms with Gasteiger partial charge >= 0.3 is 0 Å². The molecule has 2 saturated heterocycles. The lowest BCUT2D eigenvalue weighted by Gasteiger charge is -2.23. The first kappa shape index (κ1) is 18.3. The normalized spacial score (nSPS) is 23.2. The SMILES string of the molecule is CCOc1ccc(N2C(=O)C[C@@H](NNC(=O)[C@H]3CCCNC3)C2=O)cc1. The molecule has 3 rings (SSSR count). The molecule has 2 atom stereocenters. The minimum atomic E-state index is -0.755. The lowest BCUT2D eigenvalue weighted by atomic mass is 9.99. The van der Waals surface area contributed by atoms with Crippen LogP contribution in [0.25, 0.3) is 0 Å². The van der Waals surface area contributed by atoms with Gasteiger partial charge in [-0.25, -0.2) is 10.3 Å². The van der Waals surface area contributed by atoms with E-state index < -0.39 is 6.04 Å². The first-order valence-electron chi connectivity index (χ1n) is 8.96. The number of imide groups is 1. The van der Waals surface area contributed by atoms with Gasteiger partial charge in [-0.05, 0) is 50.6 Å². The smallest absolute Gasteiger partial charge is 0.253 e. The molecule has 26 heavy (non-hydrogen) atoms. The van der Waals surface area contributed by atoms with E-state index in [1.165, 1.54) is 0 Å². The first-order valence-corrected chi connectivity index (χ1v) is 8.96. The second-order valence-corrected chi connectivity index (χ2v) is 6.43. The van der Waals surface area contributed by atoms with Gasteiger partial charge in [0.1, 0.15) is 11.8 Å². The van der Waals surface area contributed by atoms with Crippen molar-refractivity contribution < 1.29 is 19.1 Å². The minimum absolute atomic E-state index is 0.00917. The molecule has 0 radical (unpaired) electrons. The number of benzene rings is 1. The molecule has 140 valence electrons. The Labute approximate surface area is 152 Å². The number of hydrogen-bond acceptors (Lipinski definition) is 6. The Bertz CT molecular complexity index is 670. The van der Waals surface area contributed by atoms with Crippen LogP contribution in [0.5, 0.6) is 5.75 Å². The summed E-state index contributed by atoms with van der Waals surface area (Å²) in [5.74, 6) is -0.271. The average Bonchev–Trinajstić information content (AvgIpc) is 2.95. The van der Waals surface area contributed by atoms with Gasteiger partial charge in [-0.2, -0.15) is 0 Å². The van der Waals surface area contributed by atoms with Gasteiger partial charge in [0.15, 0.2) is 0 Å². The number of hydrazine groups is 1. The molecule has 3 N–H and O–H groups in total. The maximum atomic E-state index is 12.6. The van der Waals surface area contributed by atoms with Gasteiger partial charge in [0.25, 0.3) is 5.91 Å². The highest BCUT2D eigenvalue weighted by Crippen LogP contribution is 2.25. The molecule has 2 aliphatic heterocycles. The fourth-order valence-electron chi connectivity index (χ4n) is 3.21. The van der Waals surface area contributed by atoms with Crippen LogP contribution in [0.15, 0.2) is 24.3 Å². The molecule has 0 aromatic heterocycles. The van der Waals surface area contributed by atoms with Crippen molar-refractivity contribution in [3.8, 4) is 5.75 Å². The summed E-state index contributed by atoms with van der Waals surface area (Å²) in [4.78, 5) is 38.1. The highest BCUT2D eigenvalue weighted by molar-refractivity contribution is 6.22. The van der Waals surface area contributed by atoms with Crippen LogP contribution in [0.1, 0.15) is 26.2 Å². The largest absolute Gasteiger partial charge is 0.494 e. The van der Waals surface area contributed by atoms with E-state index in [0.717, 1.165) is 24.3 Å². The number of hydrogen-bond donors (Lipinski definition) is 3. The van der Waals surface area contributed by atoms with Crippen LogP contribution in [0.3, 0.4) is 0 Å². The van der Waals surface area contributed by atoms with Gasteiger partial charge in [-0.3, -0.25) is 19.8 Å². The summed E-state index contributed by atoms with van der Waals surface area (Å²) >= 11 is 0. The van der Waals surface area contributed by atoms with Crippen molar-refractivity contribution >= 4 is 23.4 Å². The van der Waals surface area contributed by atoms with Crippen molar-refractivity contribution in [2.75, 3.05) is 24.6 Å². The predicted octanol–water partition coefficient (Wildman–Crippen LogP) is 0.338. The number of nitrogens with one attached hydrogen (secondary N) is 3. The van der Waals surface area contributed by atoms with Crippen molar-refractivity contribution in [1.82, 2.24) is 16.2 Å². The van der Waals surface area contributed by atoms with E-state index in [2.05, 4.69) is 16.2 Å². The number of carbonyl (C=O) groups is 3. The van der Waals surface area contributed by atoms with Gasteiger partial charge in [-0.1, -0.05) is 0 Å². The van der Waals surface area contributed by atoms with Crippen molar-refractivity contribution in [2.24, 2.45) is 5.92 Å². The lowest BCUT2D eigenvalue weighted by Crippen LogP contribution is -2.51. The molecule has 1 aromatic rings. The maximum Gasteiger partial charge on any atom is 0.253 e. The Kier molecular flexibility index (Phi) is 5.85. The molecule has 2 heterocycles. The molecular weight excluding hydrogens is 336 g/mol. The molecule has 0 saturated carbocycles. The summed E-state index contributed by atoms with van der Waals surface area (Å²) in [6, 6.07) is 6.04. The summed E-state index contributed by atoms with van der Waals surface area (Å²) in [7, 11) is 0. The van der Waals surface area contributed by atoms with Crippen molar-refractivity contribution in [2.45, 2.75) is 32.2 Å². The number of piperidine rings is 1. The van der Waals surface area contributed by atoms with Crippen LogP contribution in [-0.2, 0) is 14.4 Å². The van der Waals surface area contributed by atoms with Crippen LogP contribution in [0.2, 0.25) is 0 Å². The minimum Gasteiger partial charge on any atom is -0.494 e. The molecule has 8 nitrogen and oxygen atoms in total. The quantitative estimate of drug-likeness (QED) is 0.500. The molecule has 0 bridgehead atoms. The summed E-state index contributed by atoms with van der Waals surface area (Å²) in [6.45, 7) is 3.98. The third-order valence-electron chi connectivity index (χ3n) is 4.59. The van der Waals surface area contributed by atoms with Crippen LogP contribution in [0, 0.1) is 5.92 Å². The molecule has 0 spiro atoms. The van der Waals surface area contributed by atoms with Gasteiger partial charge in [0.2, 0.25) is 11.8 Å². The number of ether oxygens (including phenoxy) is 1. The first-order chi connectivity index (χ1) is 12.6. The van der Waals surface area contributed by atoms with E-state index in [-0.39, 0.29) is 30.1 Å². The average molecular weight is 360 g/mol. The second kappa shape index (κ2) is 8.29. The fraction of sp³-hybridized carbons (Fsp3) is 0.500. The van der Waals surface area contributed by atoms with Crippen LogP contribution in [0.4, 0.5) is 5.69 Å². The lowest BCUT2D eigenvalue weighted by molar-refractivity contribution is -0.127. The maximum absolute atomic E-state index is 12.6. The van der Waals surface area contributed by atoms with Crippen molar-refractivity contribution in [3.63, 3.8) is 0 Å². The van der Waals surface area contributed by atoms with Gasteiger partial charge in [0.05, 0.1) is 24.6 Å². The molecule has 2 fully saturated rings. The van der Waals surface area contributed by atoms with Crippen LogP contribution < -0.4 is 25.8 Å². The van der Waals surface area contributed by atoms with Gasteiger partial charge in [0, 0.05) is 6.54 Å². The fourth-order valence-corrected chi connectivity index (χ4v) is 3.21. The highest BCUT2D eigenvalue weighted by Gasteiger charge is 2.40. The zero-order chi connectivity index (χ0) is 18.5. The summed E-state index contributed by atoms with van der Waals surface area (Å²) in [6.07, 6.45) is 1.77. The molecule has 1 aromatic carbocycles. The third-order valence-corrected chi connectivity index (χ3v) is 4.59. The number of anilines is 1. The number of amides is 3. The highest BCUT2D eigenvalue weighted by atomic mass is 16.5. The zero-order valence-corrected chi connectivity index (χ0v) is 14.8. The van der Waals surface area contributed by atoms with Crippen LogP contribution in [-0.4, -0.2) is 43.5 Å². The Morgan fingerprint density at radius 3 is 2.73 bits per heavy atom. The standard InChI is InChI=1S/C18H24N4O4/c1-2-26-14-7-5-13(6-8-14)22-16(23)10-15(18(22)25)20-21-17(24)12-4-3-9-19-11-12/h5-8,12,15,19-20H,2-4,9-11H2,1H3,(H,21,24)/t12-,15+/m0/s1. The van der Waals surface area contributed by atoms with Crippen molar-refractivity contribution in [1.29, 1.82) is 0 Å². The van der Waals surface area contributed by atoms with E-state index in [0.29, 0.717) is 24.6 Å². The molecular formula is C18H24N4O4. The Hall–Kier alpha value is -2.45. The van der Waals surface area contributed by atoms with E-state index in [1.807, 2.05) is 6.92 Å². The van der Waals surface area contributed by atoms with Crippen molar-refractivity contribution in [3.05, 3.63) is 24.3 Å². The summed E-state index contributed by atoms with van der Waals surface area (Å²) in [5, 5.41) is 3.17. The van der Waals surface area contributed by atoms with E-state index in [9.17, 15) is 14.4 Å². The Morgan fingerprint density at radius 2 is 2.08 bits per heavy atom. The number of carbonyl (C=O) groups excluding carboxylic acids is 3. The van der Waals surface area contributed by atoms with Crippen LogP contribution >= 0.6 is 0 Å². The zero-order valence-electron chi connectivity index (χ0n) is 14.8. The number of rotatable bonds is 6. The summed E-state index contributed by atoms with van der Waals surface area (Å²) < 4.78 is 5.37. The molecule has 0 aliphatic carbocycles. The second-order valence-electron chi connectivity index (χ2n) is 6.43. The predicted molar refractivity (Wildman–Crippen MR) is 95.4 cm³/mol.